The molecule has 1 aliphatic carbocycles. The van der Waals surface area contributed by atoms with Crippen molar-refractivity contribution in [3.05, 3.63) is 59.4 Å². The fourth-order valence-corrected chi connectivity index (χ4v) is 4.93. The van der Waals surface area contributed by atoms with Gasteiger partial charge in [-0.2, -0.15) is 13.2 Å². The second-order valence-electron chi connectivity index (χ2n) is 9.56. The van der Waals surface area contributed by atoms with Gasteiger partial charge in [-0.3, -0.25) is 9.78 Å². The van der Waals surface area contributed by atoms with Crippen LogP contribution in [0, 0.1) is 5.92 Å². The minimum absolute atomic E-state index is 0.103. The highest BCUT2D eigenvalue weighted by Crippen LogP contribution is 2.41. The topological polar surface area (TPSA) is 48.5 Å². The predicted molar refractivity (Wildman–Crippen MR) is 117 cm³/mol. The van der Waals surface area contributed by atoms with Gasteiger partial charge in [0.2, 0.25) is 5.91 Å². The van der Waals surface area contributed by atoms with Gasteiger partial charge >= 0.3 is 6.18 Å². The van der Waals surface area contributed by atoms with Crippen molar-refractivity contribution in [2.24, 2.45) is 5.92 Å². The third-order valence-electron chi connectivity index (χ3n) is 6.87. The van der Waals surface area contributed by atoms with Crippen LogP contribution in [-0.2, 0) is 16.6 Å². The standard InChI is InChI=1S/C24H29F3N4O/c1-23(2)18-8-6-5-7-15(18)11-20(23)29-17-9-10-19(28-12-17)21(24(25,26)27)31(4)22(32)16-13-30(3)14-16/h5-10,12,16,20-21,29H,11,13-14H2,1-4H3. The number of aromatic nitrogens is 1. The van der Waals surface area contributed by atoms with Crippen LogP contribution in [0.25, 0.3) is 0 Å². The van der Waals surface area contributed by atoms with Gasteiger partial charge in [-0.1, -0.05) is 38.1 Å². The van der Waals surface area contributed by atoms with Crippen molar-refractivity contribution < 1.29 is 18.0 Å². The summed E-state index contributed by atoms with van der Waals surface area (Å²) >= 11 is 0. The quantitative estimate of drug-likeness (QED) is 0.754. The lowest BCUT2D eigenvalue weighted by Crippen LogP contribution is -2.54. The molecule has 5 nitrogen and oxygen atoms in total. The van der Waals surface area contributed by atoms with Crippen LogP contribution in [0.1, 0.15) is 36.7 Å². The van der Waals surface area contributed by atoms with Crippen LogP contribution >= 0.6 is 0 Å². The maximum absolute atomic E-state index is 13.9. The number of nitrogens with one attached hydrogen (secondary N) is 1. The number of likely N-dealkylation sites (tertiary alicyclic amines) is 1. The van der Waals surface area contributed by atoms with E-state index in [0.717, 1.165) is 11.3 Å². The van der Waals surface area contributed by atoms with E-state index in [9.17, 15) is 18.0 Å². The summed E-state index contributed by atoms with van der Waals surface area (Å²) in [4.78, 5) is 19.4. The Bertz CT molecular complexity index is 983. The molecule has 2 atom stereocenters. The summed E-state index contributed by atoms with van der Waals surface area (Å²) < 4.78 is 41.7. The van der Waals surface area contributed by atoms with E-state index in [-0.39, 0.29) is 17.2 Å². The molecule has 0 spiro atoms. The molecule has 1 N–H and O–H groups in total. The Morgan fingerprint density at radius 3 is 2.47 bits per heavy atom. The first-order valence-electron chi connectivity index (χ1n) is 10.8. The summed E-state index contributed by atoms with van der Waals surface area (Å²) in [5, 5.41) is 3.45. The largest absolute Gasteiger partial charge is 0.414 e. The van der Waals surface area contributed by atoms with Crippen LogP contribution in [0.2, 0.25) is 0 Å². The molecular formula is C24H29F3N4O. The van der Waals surface area contributed by atoms with E-state index >= 15 is 0 Å². The molecule has 32 heavy (non-hydrogen) atoms. The minimum Gasteiger partial charge on any atom is -0.380 e. The molecule has 1 aromatic heterocycles. The molecule has 1 aliphatic heterocycles. The molecular weight excluding hydrogens is 417 g/mol. The van der Waals surface area contributed by atoms with Crippen LogP contribution in [0.4, 0.5) is 18.9 Å². The van der Waals surface area contributed by atoms with Gasteiger partial charge in [0.1, 0.15) is 0 Å². The average Bonchev–Trinajstić information content (AvgIpc) is 2.95. The number of carbonyl (C=O) groups excluding carboxylic acids is 1. The molecule has 8 heteroatoms. The van der Waals surface area contributed by atoms with Crippen molar-refractivity contribution in [2.75, 3.05) is 32.5 Å². The molecule has 1 fully saturated rings. The first kappa shape index (κ1) is 22.6. The zero-order valence-electron chi connectivity index (χ0n) is 18.8. The monoisotopic (exact) mass is 446 g/mol. The molecule has 2 heterocycles. The van der Waals surface area contributed by atoms with Crippen LogP contribution in [0.15, 0.2) is 42.6 Å². The predicted octanol–water partition coefficient (Wildman–Crippen LogP) is 4.02. The number of carbonyl (C=O) groups is 1. The zero-order chi connectivity index (χ0) is 23.3. The lowest BCUT2D eigenvalue weighted by molar-refractivity contribution is -0.193. The summed E-state index contributed by atoms with van der Waals surface area (Å²) in [7, 11) is 3.05. The fourth-order valence-electron chi connectivity index (χ4n) is 4.93. The Kier molecular flexibility index (Phi) is 5.69. The smallest absolute Gasteiger partial charge is 0.380 e. The first-order valence-corrected chi connectivity index (χ1v) is 10.8. The highest BCUT2D eigenvalue weighted by molar-refractivity contribution is 5.80. The average molecular weight is 447 g/mol. The Balaban J connectivity index is 1.51. The summed E-state index contributed by atoms with van der Waals surface area (Å²) in [5.41, 5.74) is 2.92. The molecule has 172 valence electrons. The van der Waals surface area contributed by atoms with Crippen LogP contribution in [0.3, 0.4) is 0 Å². The summed E-state index contributed by atoms with van der Waals surface area (Å²) in [6.45, 7) is 5.28. The number of hydrogen-bond acceptors (Lipinski definition) is 4. The van der Waals surface area contributed by atoms with E-state index in [4.69, 9.17) is 0 Å². The van der Waals surface area contributed by atoms with Crippen LogP contribution < -0.4 is 5.32 Å². The highest BCUT2D eigenvalue weighted by Gasteiger charge is 2.48. The number of anilines is 1. The first-order chi connectivity index (χ1) is 15.0. The van der Waals surface area contributed by atoms with Crippen molar-refractivity contribution >= 4 is 11.6 Å². The molecule has 2 aromatic rings. The Morgan fingerprint density at radius 1 is 1.22 bits per heavy atom. The normalized spacial score (nSPS) is 21.5. The second kappa shape index (κ2) is 8.06. The summed E-state index contributed by atoms with van der Waals surface area (Å²) in [6, 6.07) is 9.30. The lowest BCUT2D eigenvalue weighted by atomic mass is 9.83. The molecule has 1 saturated heterocycles. The fraction of sp³-hybridized carbons (Fsp3) is 0.500. The number of alkyl halides is 3. The maximum Gasteiger partial charge on any atom is 0.414 e. The van der Waals surface area contributed by atoms with Crippen molar-refractivity contribution in [1.29, 1.82) is 0 Å². The maximum atomic E-state index is 13.9. The zero-order valence-corrected chi connectivity index (χ0v) is 18.8. The molecule has 0 radical (unpaired) electrons. The summed E-state index contributed by atoms with van der Waals surface area (Å²) in [6.07, 6.45) is -2.34. The van der Waals surface area contributed by atoms with Crippen molar-refractivity contribution in [3.63, 3.8) is 0 Å². The SMILES string of the molecule is CN1CC(C(=O)N(C)C(c2ccc(NC3Cc4ccccc4C3(C)C)cn2)C(F)(F)F)C1. The van der Waals surface area contributed by atoms with Gasteiger partial charge in [0.15, 0.2) is 6.04 Å². The van der Waals surface area contributed by atoms with Gasteiger partial charge in [-0.25, -0.2) is 0 Å². The minimum atomic E-state index is -4.61. The number of fused-ring (bicyclic) bond motifs is 1. The number of rotatable bonds is 5. The Labute approximate surface area is 186 Å². The molecule has 2 unspecified atom stereocenters. The molecule has 1 amide bonds. The van der Waals surface area contributed by atoms with E-state index in [0.29, 0.717) is 18.8 Å². The van der Waals surface area contributed by atoms with Gasteiger partial charge in [0, 0.05) is 31.6 Å². The highest BCUT2D eigenvalue weighted by atomic mass is 19.4. The van der Waals surface area contributed by atoms with E-state index in [1.807, 2.05) is 24.1 Å². The van der Waals surface area contributed by atoms with Crippen molar-refractivity contribution in [2.45, 2.75) is 43.9 Å². The number of benzene rings is 1. The molecule has 4 rings (SSSR count). The molecule has 0 saturated carbocycles. The van der Waals surface area contributed by atoms with E-state index in [1.165, 1.54) is 30.4 Å². The van der Waals surface area contributed by atoms with Crippen molar-refractivity contribution in [1.82, 2.24) is 14.8 Å². The van der Waals surface area contributed by atoms with E-state index in [1.54, 1.807) is 6.07 Å². The van der Waals surface area contributed by atoms with Gasteiger partial charge in [-0.15, -0.1) is 0 Å². The van der Waals surface area contributed by atoms with Crippen LogP contribution in [-0.4, -0.2) is 60.1 Å². The van der Waals surface area contributed by atoms with E-state index < -0.39 is 24.0 Å². The Hall–Kier alpha value is -2.61. The number of hydrogen-bond donors (Lipinski definition) is 1. The van der Waals surface area contributed by atoms with Crippen LogP contribution in [0.5, 0.6) is 0 Å². The molecule has 1 aromatic carbocycles. The number of pyridine rings is 1. The third-order valence-corrected chi connectivity index (χ3v) is 6.87. The van der Waals surface area contributed by atoms with Gasteiger partial charge < -0.3 is 15.1 Å². The summed E-state index contributed by atoms with van der Waals surface area (Å²) in [5.74, 6) is -0.901. The third kappa shape index (κ3) is 4.08. The second-order valence-corrected chi connectivity index (χ2v) is 9.56. The van der Waals surface area contributed by atoms with Gasteiger partial charge in [0.25, 0.3) is 0 Å². The lowest BCUT2D eigenvalue weighted by Gasteiger charge is -2.39. The molecule has 0 bridgehead atoms. The number of nitrogens with zero attached hydrogens (tertiary/aromatic N) is 3. The van der Waals surface area contributed by atoms with Gasteiger partial charge in [-0.05, 0) is 36.7 Å². The number of amides is 1. The number of halogens is 3. The molecule has 2 aliphatic rings. The Morgan fingerprint density at radius 2 is 1.91 bits per heavy atom. The van der Waals surface area contributed by atoms with Gasteiger partial charge in [0.05, 0.1) is 23.5 Å². The van der Waals surface area contributed by atoms with E-state index in [2.05, 4.69) is 36.3 Å². The van der Waals surface area contributed by atoms with Crippen molar-refractivity contribution in [3.8, 4) is 0 Å².